The van der Waals surface area contributed by atoms with Crippen LogP contribution in [0.5, 0.6) is 0 Å². The van der Waals surface area contributed by atoms with E-state index in [0.717, 1.165) is 28.6 Å². The van der Waals surface area contributed by atoms with E-state index in [1.807, 2.05) is 18.2 Å². The van der Waals surface area contributed by atoms with Crippen molar-refractivity contribution in [2.75, 3.05) is 6.54 Å². The van der Waals surface area contributed by atoms with Gasteiger partial charge in [-0.3, -0.25) is 9.59 Å². The highest BCUT2D eigenvalue weighted by Gasteiger charge is 2.24. The normalized spacial score (nSPS) is 13.6. The minimum Gasteiger partial charge on any atom is -0.463 e. The van der Waals surface area contributed by atoms with Crippen molar-refractivity contribution in [3.8, 4) is 11.5 Å². The first-order chi connectivity index (χ1) is 14.1. The van der Waals surface area contributed by atoms with Gasteiger partial charge in [0.2, 0.25) is 5.91 Å². The van der Waals surface area contributed by atoms with Gasteiger partial charge in [0.15, 0.2) is 5.76 Å². The van der Waals surface area contributed by atoms with Crippen LogP contribution in [0.3, 0.4) is 0 Å². The zero-order valence-corrected chi connectivity index (χ0v) is 16.1. The van der Waals surface area contributed by atoms with E-state index in [4.69, 9.17) is 16.0 Å². The number of aromatic amines is 1. The average Bonchev–Trinajstić information content (AvgIpc) is 3.37. The monoisotopic (exact) mass is 408 g/mol. The van der Waals surface area contributed by atoms with Gasteiger partial charge in [-0.2, -0.15) is 5.10 Å². The van der Waals surface area contributed by atoms with E-state index in [0.29, 0.717) is 29.6 Å². The summed E-state index contributed by atoms with van der Waals surface area (Å²) in [6.45, 7) is 0.936. The van der Waals surface area contributed by atoms with Crippen LogP contribution >= 0.6 is 11.6 Å². The van der Waals surface area contributed by atoms with E-state index in [1.54, 1.807) is 23.1 Å². The van der Waals surface area contributed by atoms with Gasteiger partial charge in [-0.25, -0.2) is 4.68 Å². The average molecular weight is 409 g/mol. The van der Waals surface area contributed by atoms with Crippen LogP contribution in [0.2, 0.25) is 5.02 Å². The second-order valence-corrected chi connectivity index (χ2v) is 7.47. The molecule has 1 aromatic carbocycles. The number of fused-ring (bicyclic) bond motifs is 3. The number of furan rings is 1. The van der Waals surface area contributed by atoms with E-state index >= 15 is 0 Å². The molecule has 3 aromatic heterocycles. The minimum atomic E-state index is -0.328. The van der Waals surface area contributed by atoms with E-state index in [1.165, 1.54) is 17.0 Å². The van der Waals surface area contributed by atoms with Crippen LogP contribution in [0.15, 0.2) is 57.9 Å². The number of carbonyl (C=O) groups is 1. The SMILES string of the molecule is O=C(Cn1nc(-c2ccco2)ccc1=O)N1CCc2[nH]c3ccc(Cl)cc3c2C1. The smallest absolute Gasteiger partial charge is 0.267 e. The Morgan fingerprint density at radius 2 is 2.14 bits per heavy atom. The van der Waals surface area contributed by atoms with Crippen molar-refractivity contribution in [3.05, 3.63) is 75.4 Å². The molecule has 0 fully saturated rings. The van der Waals surface area contributed by atoms with E-state index in [2.05, 4.69) is 10.1 Å². The number of nitrogens with zero attached hydrogens (tertiary/aromatic N) is 3. The molecule has 0 atom stereocenters. The molecule has 1 N–H and O–H groups in total. The maximum absolute atomic E-state index is 12.9. The van der Waals surface area contributed by atoms with Crippen LogP contribution in [0, 0.1) is 0 Å². The predicted octanol–water partition coefficient (Wildman–Crippen LogP) is 3.22. The van der Waals surface area contributed by atoms with Crippen LogP contribution in [0.4, 0.5) is 0 Å². The lowest BCUT2D eigenvalue weighted by atomic mass is 10.0. The van der Waals surface area contributed by atoms with Crippen molar-refractivity contribution in [2.24, 2.45) is 0 Å². The fourth-order valence-electron chi connectivity index (χ4n) is 3.75. The van der Waals surface area contributed by atoms with Crippen molar-refractivity contribution in [1.82, 2.24) is 19.7 Å². The topological polar surface area (TPSA) is 84.1 Å². The number of aromatic nitrogens is 3. The Kier molecular flexibility index (Phi) is 4.24. The van der Waals surface area contributed by atoms with Crippen LogP contribution < -0.4 is 5.56 Å². The Hall–Kier alpha value is -3.32. The maximum atomic E-state index is 12.9. The van der Waals surface area contributed by atoms with Gasteiger partial charge < -0.3 is 14.3 Å². The van der Waals surface area contributed by atoms with Crippen molar-refractivity contribution in [3.63, 3.8) is 0 Å². The highest BCUT2D eigenvalue weighted by Crippen LogP contribution is 2.29. The van der Waals surface area contributed by atoms with E-state index in [9.17, 15) is 9.59 Å². The largest absolute Gasteiger partial charge is 0.463 e. The molecule has 4 heterocycles. The summed E-state index contributed by atoms with van der Waals surface area (Å²) in [7, 11) is 0. The second kappa shape index (κ2) is 6.93. The van der Waals surface area contributed by atoms with Crippen molar-refractivity contribution in [1.29, 1.82) is 0 Å². The van der Waals surface area contributed by atoms with Crippen molar-refractivity contribution in [2.45, 2.75) is 19.5 Å². The fourth-order valence-corrected chi connectivity index (χ4v) is 3.92. The zero-order valence-electron chi connectivity index (χ0n) is 15.4. The number of hydrogen-bond acceptors (Lipinski definition) is 4. The van der Waals surface area contributed by atoms with E-state index in [-0.39, 0.29) is 18.0 Å². The molecule has 4 aromatic rings. The number of halogens is 1. The molecule has 0 spiro atoms. The Balaban J connectivity index is 1.40. The molecule has 1 aliphatic heterocycles. The summed E-state index contributed by atoms with van der Waals surface area (Å²) in [4.78, 5) is 30.3. The summed E-state index contributed by atoms with van der Waals surface area (Å²) in [5.74, 6) is 0.391. The summed E-state index contributed by atoms with van der Waals surface area (Å²) < 4.78 is 6.51. The molecule has 0 bridgehead atoms. The Morgan fingerprint density at radius 1 is 1.24 bits per heavy atom. The zero-order chi connectivity index (χ0) is 20.0. The third-order valence-electron chi connectivity index (χ3n) is 5.22. The number of hydrogen-bond donors (Lipinski definition) is 1. The van der Waals surface area contributed by atoms with Gasteiger partial charge in [0.25, 0.3) is 5.56 Å². The molecule has 0 saturated carbocycles. The second-order valence-electron chi connectivity index (χ2n) is 7.03. The van der Waals surface area contributed by atoms with Gasteiger partial charge in [0.05, 0.1) is 6.26 Å². The summed E-state index contributed by atoms with van der Waals surface area (Å²) in [5.41, 5.74) is 3.39. The molecule has 8 heteroatoms. The standard InChI is InChI=1S/C21H17ClN4O3/c22-13-3-4-16-14(10-13)15-11-25(8-7-17(15)23-16)21(28)12-26-20(27)6-5-18(24-26)19-2-1-9-29-19/h1-6,9-10,23H,7-8,11-12H2. The predicted molar refractivity (Wildman–Crippen MR) is 109 cm³/mol. The molecule has 5 rings (SSSR count). The third-order valence-corrected chi connectivity index (χ3v) is 5.45. The molecule has 7 nitrogen and oxygen atoms in total. The van der Waals surface area contributed by atoms with Gasteiger partial charge in [0.1, 0.15) is 12.2 Å². The summed E-state index contributed by atoms with van der Waals surface area (Å²) in [5, 5.41) is 5.97. The number of amides is 1. The molecule has 0 aliphatic carbocycles. The summed E-state index contributed by atoms with van der Waals surface area (Å²) in [6.07, 6.45) is 2.26. The Morgan fingerprint density at radius 3 is 2.97 bits per heavy atom. The van der Waals surface area contributed by atoms with Crippen LogP contribution in [0.25, 0.3) is 22.4 Å². The highest BCUT2D eigenvalue weighted by atomic mass is 35.5. The van der Waals surface area contributed by atoms with Crippen LogP contribution in [-0.2, 0) is 24.3 Å². The summed E-state index contributed by atoms with van der Waals surface area (Å²) >= 11 is 6.15. The Bertz CT molecular complexity index is 1270. The molecule has 29 heavy (non-hydrogen) atoms. The first-order valence-electron chi connectivity index (χ1n) is 9.27. The molecular weight excluding hydrogens is 392 g/mol. The Labute approximate surface area is 170 Å². The van der Waals surface area contributed by atoms with Crippen molar-refractivity contribution < 1.29 is 9.21 Å². The molecule has 0 radical (unpaired) electrons. The van der Waals surface area contributed by atoms with Gasteiger partial charge in [0, 0.05) is 52.8 Å². The van der Waals surface area contributed by atoms with Gasteiger partial charge >= 0.3 is 0 Å². The number of H-pyrrole nitrogens is 1. The van der Waals surface area contributed by atoms with Crippen molar-refractivity contribution >= 4 is 28.4 Å². The lowest BCUT2D eigenvalue weighted by Gasteiger charge is -2.27. The first-order valence-corrected chi connectivity index (χ1v) is 9.65. The number of carbonyl (C=O) groups excluding carboxylic acids is 1. The minimum absolute atomic E-state index is 0.119. The van der Waals surface area contributed by atoms with E-state index < -0.39 is 0 Å². The van der Waals surface area contributed by atoms with Gasteiger partial charge in [-0.05, 0) is 36.4 Å². The molecule has 1 aliphatic rings. The molecule has 1 amide bonds. The third kappa shape index (κ3) is 3.23. The van der Waals surface area contributed by atoms with Gasteiger partial charge in [-0.1, -0.05) is 11.6 Å². The van der Waals surface area contributed by atoms with Crippen LogP contribution in [-0.4, -0.2) is 32.1 Å². The van der Waals surface area contributed by atoms with Crippen LogP contribution in [0.1, 0.15) is 11.3 Å². The molecular formula is C21H17ClN4O3. The quantitative estimate of drug-likeness (QED) is 0.564. The number of benzene rings is 1. The number of rotatable bonds is 3. The molecule has 146 valence electrons. The maximum Gasteiger partial charge on any atom is 0.267 e. The lowest BCUT2D eigenvalue weighted by Crippen LogP contribution is -2.40. The number of nitrogens with one attached hydrogen (secondary N) is 1. The fraction of sp³-hybridized carbons (Fsp3) is 0.190. The van der Waals surface area contributed by atoms with Gasteiger partial charge in [-0.15, -0.1) is 0 Å². The molecule has 0 unspecified atom stereocenters. The first kappa shape index (κ1) is 17.8. The molecule has 0 saturated heterocycles. The summed E-state index contributed by atoms with van der Waals surface area (Å²) in [6, 6.07) is 12.2. The lowest BCUT2D eigenvalue weighted by molar-refractivity contribution is -0.133. The highest BCUT2D eigenvalue weighted by molar-refractivity contribution is 6.31.